The largest absolute Gasteiger partial charge is 0.349 e. The van der Waals surface area contributed by atoms with Crippen LogP contribution in [-0.2, 0) is 0 Å². The molecule has 2 heteroatoms. The summed E-state index contributed by atoms with van der Waals surface area (Å²) in [6.07, 6.45) is 5.37. The van der Waals surface area contributed by atoms with Gasteiger partial charge in [-0.3, -0.25) is 0 Å². The monoisotopic (exact) mass is 320 g/mol. The first-order valence-electron chi connectivity index (χ1n) is 9.31. The highest BCUT2D eigenvalue weighted by molar-refractivity contribution is 5.65. The van der Waals surface area contributed by atoms with E-state index in [1.165, 1.54) is 53.7 Å². The molecule has 0 spiro atoms. The Bertz CT molecular complexity index is 699. The summed E-state index contributed by atoms with van der Waals surface area (Å²) in [6.45, 7) is 7.77. The van der Waals surface area contributed by atoms with E-state index in [0.29, 0.717) is 12.1 Å². The normalized spacial score (nSPS) is 23.5. The van der Waals surface area contributed by atoms with Gasteiger partial charge in [0.25, 0.3) is 0 Å². The number of nitrogens with zero attached hydrogens (tertiary/aromatic N) is 2. The fourth-order valence-corrected chi connectivity index (χ4v) is 4.95. The second-order valence-electron chi connectivity index (χ2n) is 7.58. The molecule has 2 fully saturated rings. The molecule has 2 aromatic carbocycles. The molecular formula is C22H28N2. The molecule has 24 heavy (non-hydrogen) atoms. The zero-order valence-electron chi connectivity index (χ0n) is 15.1. The number of para-hydroxylation sites is 1. The Morgan fingerprint density at radius 1 is 0.792 bits per heavy atom. The lowest BCUT2D eigenvalue weighted by Crippen LogP contribution is -2.40. The van der Waals surface area contributed by atoms with Crippen LogP contribution in [0.2, 0.25) is 0 Å². The van der Waals surface area contributed by atoms with Gasteiger partial charge in [0.1, 0.15) is 0 Å². The maximum absolute atomic E-state index is 2.70. The molecule has 1 saturated carbocycles. The van der Waals surface area contributed by atoms with Crippen molar-refractivity contribution in [3.8, 4) is 0 Å². The van der Waals surface area contributed by atoms with Crippen LogP contribution < -0.4 is 9.80 Å². The molecule has 2 aliphatic rings. The molecule has 1 aliphatic carbocycles. The van der Waals surface area contributed by atoms with E-state index >= 15 is 0 Å². The molecule has 0 unspecified atom stereocenters. The van der Waals surface area contributed by atoms with E-state index in [0.717, 1.165) is 6.67 Å². The summed E-state index contributed by atoms with van der Waals surface area (Å²) in [5, 5.41) is 0. The lowest BCUT2D eigenvalue weighted by molar-refractivity contribution is 0.409. The number of fused-ring (bicyclic) bond motifs is 1. The van der Waals surface area contributed by atoms with Crippen LogP contribution in [0.25, 0.3) is 0 Å². The van der Waals surface area contributed by atoms with Crippen molar-refractivity contribution in [3.63, 3.8) is 0 Å². The molecule has 0 bridgehead atoms. The quantitative estimate of drug-likeness (QED) is 0.749. The second-order valence-corrected chi connectivity index (χ2v) is 7.58. The number of aryl methyl sites for hydroxylation is 3. The van der Waals surface area contributed by atoms with Crippen molar-refractivity contribution < 1.29 is 0 Å². The average molecular weight is 320 g/mol. The van der Waals surface area contributed by atoms with Gasteiger partial charge in [-0.15, -0.1) is 0 Å². The summed E-state index contributed by atoms with van der Waals surface area (Å²) in [6, 6.07) is 17.0. The van der Waals surface area contributed by atoms with Gasteiger partial charge in [-0.2, -0.15) is 0 Å². The first-order valence-corrected chi connectivity index (χ1v) is 9.31. The third-order valence-corrected chi connectivity index (χ3v) is 5.81. The van der Waals surface area contributed by atoms with Crippen molar-refractivity contribution in [3.05, 3.63) is 59.2 Å². The fraction of sp³-hybridized carbons (Fsp3) is 0.455. The van der Waals surface area contributed by atoms with Crippen molar-refractivity contribution >= 4 is 11.4 Å². The van der Waals surface area contributed by atoms with Crippen LogP contribution in [0.3, 0.4) is 0 Å². The lowest BCUT2D eigenvalue weighted by atomic mass is 9.89. The van der Waals surface area contributed by atoms with E-state index in [-0.39, 0.29) is 0 Å². The number of rotatable bonds is 2. The highest BCUT2D eigenvalue weighted by atomic mass is 15.4. The van der Waals surface area contributed by atoms with Crippen LogP contribution in [0.5, 0.6) is 0 Å². The van der Waals surface area contributed by atoms with Gasteiger partial charge in [-0.05, 0) is 56.9 Å². The topological polar surface area (TPSA) is 6.48 Å². The van der Waals surface area contributed by atoms with Crippen LogP contribution in [0.4, 0.5) is 11.4 Å². The van der Waals surface area contributed by atoms with E-state index < -0.39 is 0 Å². The van der Waals surface area contributed by atoms with E-state index in [1.54, 1.807) is 0 Å². The average Bonchev–Trinajstić information content (AvgIpc) is 2.94. The molecule has 2 nitrogen and oxygen atoms in total. The maximum Gasteiger partial charge on any atom is 0.0910 e. The summed E-state index contributed by atoms with van der Waals surface area (Å²) in [5.74, 6) is 0. The van der Waals surface area contributed by atoms with Crippen LogP contribution in [0.1, 0.15) is 42.4 Å². The Labute approximate surface area is 146 Å². The van der Waals surface area contributed by atoms with Gasteiger partial charge >= 0.3 is 0 Å². The third kappa shape index (κ3) is 2.58. The smallest absolute Gasteiger partial charge is 0.0910 e. The van der Waals surface area contributed by atoms with E-state index in [9.17, 15) is 0 Å². The van der Waals surface area contributed by atoms with Gasteiger partial charge in [0, 0.05) is 11.4 Å². The van der Waals surface area contributed by atoms with Crippen LogP contribution in [-0.4, -0.2) is 18.8 Å². The lowest BCUT2D eigenvalue weighted by Gasteiger charge is -2.34. The minimum absolute atomic E-state index is 0.652. The van der Waals surface area contributed by atoms with E-state index in [4.69, 9.17) is 0 Å². The van der Waals surface area contributed by atoms with Gasteiger partial charge in [-0.1, -0.05) is 48.7 Å². The molecule has 0 N–H and O–H groups in total. The molecule has 2 atom stereocenters. The van der Waals surface area contributed by atoms with Crippen LogP contribution in [0.15, 0.2) is 42.5 Å². The fourth-order valence-electron chi connectivity index (χ4n) is 4.95. The standard InChI is InChI=1S/C22H28N2/c1-16-13-17(2)22(18(3)14-16)24-15-23(19-9-5-4-6-10-19)20-11-7-8-12-21(20)24/h4-6,9-10,13-14,20-21H,7-8,11-12,15H2,1-3H3/t20-,21-/m1/s1. The number of benzene rings is 2. The summed E-state index contributed by atoms with van der Waals surface area (Å²) in [5.41, 5.74) is 7.06. The molecule has 1 saturated heterocycles. The summed E-state index contributed by atoms with van der Waals surface area (Å²) in [7, 11) is 0. The molecule has 126 valence electrons. The third-order valence-electron chi connectivity index (χ3n) is 5.81. The molecule has 0 radical (unpaired) electrons. The van der Waals surface area contributed by atoms with E-state index in [2.05, 4.69) is 73.0 Å². The van der Waals surface area contributed by atoms with Crippen LogP contribution in [0, 0.1) is 20.8 Å². The Kier molecular flexibility index (Phi) is 3.99. The van der Waals surface area contributed by atoms with E-state index in [1.807, 2.05) is 0 Å². The first-order chi connectivity index (χ1) is 11.6. The number of anilines is 2. The minimum atomic E-state index is 0.652. The zero-order valence-corrected chi connectivity index (χ0v) is 15.1. The highest BCUT2D eigenvalue weighted by Gasteiger charge is 2.42. The van der Waals surface area contributed by atoms with Crippen molar-refractivity contribution in [1.82, 2.24) is 0 Å². The summed E-state index contributed by atoms with van der Waals surface area (Å²) < 4.78 is 0. The second kappa shape index (κ2) is 6.16. The Balaban J connectivity index is 1.74. The molecule has 2 aromatic rings. The SMILES string of the molecule is Cc1cc(C)c(N2CN(c3ccccc3)[C@@H]3CCCC[C@H]32)c(C)c1. The molecule has 1 heterocycles. The van der Waals surface area contributed by atoms with Crippen LogP contribution >= 0.6 is 0 Å². The van der Waals surface area contributed by atoms with Crippen molar-refractivity contribution in [2.24, 2.45) is 0 Å². The zero-order chi connectivity index (χ0) is 16.7. The highest BCUT2D eigenvalue weighted by Crippen LogP contribution is 2.40. The van der Waals surface area contributed by atoms with Gasteiger partial charge in [0.15, 0.2) is 0 Å². The first kappa shape index (κ1) is 15.6. The molecule has 0 aromatic heterocycles. The summed E-state index contributed by atoms with van der Waals surface area (Å²) in [4.78, 5) is 5.34. The Morgan fingerprint density at radius 3 is 2.00 bits per heavy atom. The van der Waals surface area contributed by atoms with Gasteiger partial charge < -0.3 is 9.80 Å². The molecule has 4 rings (SSSR count). The van der Waals surface area contributed by atoms with Crippen molar-refractivity contribution in [1.29, 1.82) is 0 Å². The molecule has 1 aliphatic heterocycles. The Hall–Kier alpha value is -1.96. The van der Waals surface area contributed by atoms with Gasteiger partial charge in [0.05, 0.1) is 18.8 Å². The van der Waals surface area contributed by atoms with Crippen molar-refractivity contribution in [2.45, 2.75) is 58.5 Å². The summed E-state index contributed by atoms with van der Waals surface area (Å²) >= 11 is 0. The maximum atomic E-state index is 2.70. The Morgan fingerprint density at radius 2 is 1.38 bits per heavy atom. The predicted molar refractivity (Wildman–Crippen MR) is 103 cm³/mol. The number of hydrogen-bond acceptors (Lipinski definition) is 2. The predicted octanol–water partition coefficient (Wildman–Crippen LogP) is 5.21. The minimum Gasteiger partial charge on any atom is -0.349 e. The number of hydrogen-bond donors (Lipinski definition) is 0. The molecular weight excluding hydrogens is 292 g/mol. The van der Waals surface area contributed by atoms with Gasteiger partial charge in [0.2, 0.25) is 0 Å². The van der Waals surface area contributed by atoms with Gasteiger partial charge in [-0.25, -0.2) is 0 Å². The molecule has 0 amide bonds. The van der Waals surface area contributed by atoms with Crippen molar-refractivity contribution in [2.75, 3.05) is 16.5 Å².